The van der Waals surface area contributed by atoms with Crippen LogP contribution in [0, 0.1) is 0 Å². The highest BCUT2D eigenvalue weighted by molar-refractivity contribution is 7.92. The van der Waals surface area contributed by atoms with Crippen molar-refractivity contribution in [2.24, 2.45) is 0 Å². The number of aromatic amines is 2. The van der Waals surface area contributed by atoms with Crippen molar-refractivity contribution in [1.82, 2.24) is 9.97 Å². The molecular formula is C10H8ClN3O4S. The molecule has 0 aliphatic carbocycles. The van der Waals surface area contributed by atoms with Crippen LogP contribution < -0.4 is 16.0 Å². The summed E-state index contributed by atoms with van der Waals surface area (Å²) in [5, 5.41) is 0.187. The van der Waals surface area contributed by atoms with Crippen molar-refractivity contribution >= 4 is 27.3 Å². The van der Waals surface area contributed by atoms with Crippen molar-refractivity contribution in [2.75, 3.05) is 4.72 Å². The van der Waals surface area contributed by atoms with Gasteiger partial charge in [-0.3, -0.25) is 14.5 Å². The molecule has 0 saturated heterocycles. The Morgan fingerprint density at radius 3 is 2.47 bits per heavy atom. The Bertz CT molecular complexity index is 825. The molecule has 3 N–H and O–H groups in total. The van der Waals surface area contributed by atoms with Gasteiger partial charge < -0.3 is 4.98 Å². The fourth-order valence-corrected chi connectivity index (χ4v) is 2.67. The van der Waals surface area contributed by atoms with Crippen LogP contribution in [0.2, 0.25) is 5.02 Å². The number of hydrogen-bond donors (Lipinski definition) is 3. The molecule has 0 fully saturated rings. The maximum absolute atomic E-state index is 12.0. The Labute approximate surface area is 112 Å². The van der Waals surface area contributed by atoms with Crippen LogP contribution in [0.3, 0.4) is 0 Å². The first-order valence-corrected chi connectivity index (χ1v) is 6.85. The van der Waals surface area contributed by atoms with Crippen molar-refractivity contribution in [2.45, 2.75) is 4.90 Å². The quantitative estimate of drug-likeness (QED) is 0.767. The van der Waals surface area contributed by atoms with Gasteiger partial charge in [0.15, 0.2) is 4.90 Å². The highest BCUT2D eigenvalue weighted by Crippen LogP contribution is 2.22. The second-order valence-corrected chi connectivity index (χ2v) is 5.58. The average Bonchev–Trinajstić information content (AvgIpc) is 2.31. The number of benzene rings is 1. The number of sulfonamides is 1. The van der Waals surface area contributed by atoms with E-state index in [0.29, 0.717) is 0 Å². The van der Waals surface area contributed by atoms with Crippen molar-refractivity contribution < 1.29 is 8.42 Å². The molecule has 0 saturated carbocycles. The van der Waals surface area contributed by atoms with Gasteiger partial charge in [0.1, 0.15) is 0 Å². The van der Waals surface area contributed by atoms with E-state index in [9.17, 15) is 18.0 Å². The number of hydrogen-bond acceptors (Lipinski definition) is 4. The largest absolute Gasteiger partial charge is 0.325 e. The zero-order chi connectivity index (χ0) is 14.0. The summed E-state index contributed by atoms with van der Waals surface area (Å²) in [5.74, 6) is 0. The molecule has 0 spiro atoms. The first-order valence-electron chi connectivity index (χ1n) is 4.99. The number of anilines is 1. The maximum atomic E-state index is 12.0. The monoisotopic (exact) mass is 301 g/mol. The summed E-state index contributed by atoms with van der Waals surface area (Å²) in [6, 6.07) is 6.16. The van der Waals surface area contributed by atoms with Crippen LogP contribution in [0.1, 0.15) is 0 Å². The molecule has 0 aliphatic heterocycles. The Morgan fingerprint density at radius 1 is 1.16 bits per heavy atom. The molecule has 7 nitrogen and oxygen atoms in total. The third kappa shape index (κ3) is 2.85. The van der Waals surface area contributed by atoms with Gasteiger partial charge in [0.25, 0.3) is 15.6 Å². The lowest BCUT2D eigenvalue weighted by molar-refractivity contribution is 0.599. The predicted octanol–water partition coefficient (Wildman–Crippen LogP) is 0.517. The van der Waals surface area contributed by atoms with E-state index in [2.05, 4.69) is 9.71 Å². The minimum atomic E-state index is -4.13. The first kappa shape index (κ1) is 13.4. The predicted molar refractivity (Wildman–Crippen MR) is 69.9 cm³/mol. The summed E-state index contributed by atoms with van der Waals surface area (Å²) >= 11 is 5.81. The van der Waals surface area contributed by atoms with Gasteiger partial charge in [-0.25, -0.2) is 13.2 Å². The highest BCUT2D eigenvalue weighted by Gasteiger charge is 2.19. The zero-order valence-corrected chi connectivity index (χ0v) is 10.9. The summed E-state index contributed by atoms with van der Waals surface area (Å²) in [6.45, 7) is 0. The molecule has 19 heavy (non-hydrogen) atoms. The number of rotatable bonds is 3. The third-order valence-electron chi connectivity index (χ3n) is 2.19. The molecule has 0 unspecified atom stereocenters. The number of para-hydroxylation sites is 1. The topological polar surface area (TPSA) is 112 Å². The molecule has 100 valence electrons. The van der Waals surface area contributed by atoms with Crippen molar-refractivity contribution in [1.29, 1.82) is 0 Å². The fraction of sp³-hybridized carbons (Fsp3) is 0. The van der Waals surface area contributed by atoms with E-state index in [4.69, 9.17) is 11.6 Å². The number of H-pyrrole nitrogens is 2. The van der Waals surface area contributed by atoms with Gasteiger partial charge in [-0.15, -0.1) is 0 Å². The molecule has 2 aromatic rings. The summed E-state index contributed by atoms with van der Waals surface area (Å²) < 4.78 is 26.1. The molecule has 9 heteroatoms. The van der Waals surface area contributed by atoms with Gasteiger partial charge in [0.2, 0.25) is 0 Å². The molecule has 2 rings (SSSR count). The lowest BCUT2D eigenvalue weighted by Gasteiger charge is -2.08. The fourth-order valence-electron chi connectivity index (χ4n) is 1.34. The van der Waals surface area contributed by atoms with Crippen molar-refractivity contribution in [3.05, 3.63) is 56.3 Å². The maximum Gasteiger partial charge on any atom is 0.325 e. The van der Waals surface area contributed by atoms with E-state index in [1.54, 1.807) is 12.1 Å². The molecule has 1 heterocycles. The summed E-state index contributed by atoms with van der Waals surface area (Å²) in [7, 11) is -4.13. The van der Waals surface area contributed by atoms with E-state index in [-0.39, 0.29) is 10.7 Å². The van der Waals surface area contributed by atoms with Crippen LogP contribution in [-0.4, -0.2) is 18.4 Å². The van der Waals surface area contributed by atoms with Gasteiger partial charge in [-0.05, 0) is 12.1 Å². The molecular weight excluding hydrogens is 294 g/mol. The molecule has 0 radical (unpaired) electrons. The summed E-state index contributed by atoms with van der Waals surface area (Å²) in [5.41, 5.74) is -1.67. The van der Waals surface area contributed by atoms with Crippen molar-refractivity contribution in [3.63, 3.8) is 0 Å². The molecule has 0 bridgehead atoms. The second kappa shape index (κ2) is 4.90. The Morgan fingerprint density at radius 2 is 1.84 bits per heavy atom. The van der Waals surface area contributed by atoms with E-state index in [1.165, 1.54) is 12.1 Å². The summed E-state index contributed by atoms with van der Waals surface area (Å²) in [6.07, 6.45) is 0.820. The summed E-state index contributed by atoms with van der Waals surface area (Å²) in [4.78, 5) is 25.6. The van der Waals surface area contributed by atoms with Gasteiger partial charge >= 0.3 is 5.69 Å². The van der Waals surface area contributed by atoms with Gasteiger partial charge in [-0.2, -0.15) is 0 Å². The van der Waals surface area contributed by atoms with Gasteiger partial charge in [0, 0.05) is 6.20 Å². The lowest BCUT2D eigenvalue weighted by Crippen LogP contribution is -2.29. The van der Waals surface area contributed by atoms with Crippen molar-refractivity contribution in [3.8, 4) is 0 Å². The van der Waals surface area contributed by atoms with E-state index in [1.807, 2.05) is 4.98 Å². The first-order chi connectivity index (χ1) is 8.90. The van der Waals surface area contributed by atoms with E-state index >= 15 is 0 Å². The molecule has 1 aromatic heterocycles. The van der Waals surface area contributed by atoms with Gasteiger partial charge in [-0.1, -0.05) is 23.7 Å². The Kier molecular flexibility index (Phi) is 3.45. The standard InChI is InChI=1S/C10H8ClN3O4S/c11-6-3-1-2-4-7(6)14-19(17,18)8-5-12-10(16)13-9(8)15/h1-5,14H,(H2,12,13,15,16). The molecule has 0 aliphatic rings. The van der Waals surface area contributed by atoms with E-state index < -0.39 is 26.2 Å². The van der Waals surface area contributed by atoms with Gasteiger partial charge in [0.05, 0.1) is 10.7 Å². The highest BCUT2D eigenvalue weighted by atomic mass is 35.5. The van der Waals surface area contributed by atoms with Crippen LogP contribution >= 0.6 is 11.6 Å². The third-order valence-corrected chi connectivity index (χ3v) is 3.89. The Balaban J connectivity index is 2.47. The minimum absolute atomic E-state index is 0.134. The van der Waals surface area contributed by atoms with E-state index in [0.717, 1.165) is 6.20 Å². The van der Waals surface area contributed by atoms with Crippen LogP contribution in [0.5, 0.6) is 0 Å². The zero-order valence-electron chi connectivity index (χ0n) is 9.31. The van der Waals surface area contributed by atoms with Crippen LogP contribution in [0.25, 0.3) is 0 Å². The smallest absolute Gasteiger partial charge is 0.313 e. The number of halogens is 1. The van der Waals surface area contributed by atoms with Crippen LogP contribution in [0.15, 0.2) is 44.9 Å². The van der Waals surface area contributed by atoms with Crippen LogP contribution in [0.4, 0.5) is 5.69 Å². The number of nitrogens with one attached hydrogen (secondary N) is 3. The molecule has 0 amide bonds. The van der Waals surface area contributed by atoms with Crippen LogP contribution in [-0.2, 0) is 10.0 Å². The average molecular weight is 302 g/mol. The molecule has 0 atom stereocenters. The molecule has 1 aromatic carbocycles. The Hall–Kier alpha value is -2.06. The number of aromatic nitrogens is 2. The lowest BCUT2D eigenvalue weighted by atomic mass is 10.3. The normalized spacial score (nSPS) is 11.2. The minimum Gasteiger partial charge on any atom is -0.313 e. The SMILES string of the molecule is O=c1[nH]cc(S(=O)(=O)Nc2ccccc2Cl)c(=O)[nH]1. The second-order valence-electron chi connectivity index (χ2n) is 3.52.